The van der Waals surface area contributed by atoms with Crippen LogP contribution >= 0.6 is 12.6 Å². The van der Waals surface area contributed by atoms with E-state index in [0.717, 1.165) is 24.9 Å². The summed E-state index contributed by atoms with van der Waals surface area (Å²) in [6.07, 6.45) is 5.32. The Morgan fingerprint density at radius 2 is 2.19 bits per heavy atom. The molecule has 3 atom stereocenters. The van der Waals surface area contributed by atoms with E-state index in [9.17, 15) is 0 Å². The molecule has 0 bridgehead atoms. The van der Waals surface area contributed by atoms with Gasteiger partial charge in [0.15, 0.2) is 0 Å². The van der Waals surface area contributed by atoms with Gasteiger partial charge in [0.1, 0.15) is 0 Å². The molecular formula is C11H18N2O2S. The molecule has 2 heterocycles. The van der Waals surface area contributed by atoms with E-state index in [-0.39, 0.29) is 6.47 Å². The highest BCUT2D eigenvalue weighted by atomic mass is 32.1. The maximum atomic E-state index is 8.36. The van der Waals surface area contributed by atoms with Crippen molar-refractivity contribution in [3.63, 3.8) is 0 Å². The summed E-state index contributed by atoms with van der Waals surface area (Å²) >= 11 is 4.50. The van der Waals surface area contributed by atoms with Crippen molar-refractivity contribution >= 4 is 19.1 Å². The van der Waals surface area contributed by atoms with Crippen molar-refractivity contribution < 1.29 is 9.90 Å². The van der Waals surface area contributed by atoms with Crippen LogP contribution < -0.4 is 10.6 Å². The highest BCUT2D eigenvalue weighted by molar-refractivity contribution is 7.80. The number of hydrogen-bond acceptors (Lipinski definition) is 4. The van der Waals surface area contributed by atoms with Gasteiger partial charge in [-0.2, -0.15) is 12.6 Å². The highest BCUT2D eigenvalue weighted by Gasteiger charge is 2.39. The fourth-order valence-electron chi connectivity index (χ4n) is 3.03. The van der Waals surface area contributed by atoms with Gasteiger partial charge in [0.05, 0.1) is 5.37 Å². The summed E-state index contributed by atoms with van der Waals surface area (Å²) in [4.78, 5) is 8.36. The van der Waals surface area contributed by atoms with E-state index in [2.05, 4.69) is 23.3 Å². The molecule has 0 spiro atoms. The van der Waals surface area contributed by atoms with E-state index < -0.39 is 0 Å². The first-order valence-electron chi connectivity index (χ1n) is 5.74. The van der Waals surface area contributed by atoms with Gasteiger partial charge in [0, 0.05) is 24.2 Å². The normalized spacial score (nSPS) is 35.7. The Kier molecular flexibility index (Phi) is 3.76. The third kappa shape index (κ3) is 2.20. The van der Waals surface area contributed by atoms with Crippen molar-refractivity contribution in [1.29, 1.82) is 0 Å². The second-order valence-corrected chi connectivity index (χ2v) is 5.12. The fraction of sp³-hybridized carbons (Fsp3) is 0.727. The Morgan fingerprint density at radius 3 is 2.94 bits per heavy atom. The number of nitrogens with one attached hydrogen (secondary N) is 2. The van der Waals surface area contributed by atoms with Gasteiger partial charge >= 0.3 is 0 Å². The summed E-state index contributed by atoms with van der Waals surface area (Å²) < 4.78 is 0. The van der Waals surface area contributed by atoms with Gasteiger partial charge in [-0.25, -0.2) is 0 Å². The van der Waals surface area contributed by atoms with Crippen LogP contribution in [0.2, 0.25) is 0 Å². The van der Waals surface area contributed by atoms with Crippen LogP contribution in [0.5, 0.6) is 0 Å². The minimum atomic E-state index is -0.250. The summed E-state index contributed by atoms with van der Waals surface area (Å²) in [7, 11) is 0. The van der Waals surface area contributed by atoms with Gasteiger partial charge in [-0.3, -0.25) is 10.1 Å². The van der Waals surface area contributed by atoms with Gasteiger partial charge in [0.2, 0.25) is 0 Å². The minimum Gasteiger partial charge on any atom is -0.483 e. The van der Waals surface area contributed by atoms with E-state index in [0.29, 0.717) is 5.37 Å². The third-order valence-corrected chi connectivity index (χ3v) is 4.00. The molecule has 3 unspecified atom stereocenters. The second kappa shape index (κ2) is 5.10. The minimum absolute atomic E-state index is 0.250. The maximum absolute atomic E-state index is 8.36. The van der Waals surface area contributed by atoms with Gasteiger partial charge in [-0.1, -0.05) is 6.42 Å². The molecule has 1 aliphatic carbocycles. The Balaban J connectivity index is 0.000000292. The number of thiol groups is 1. The van der Waals surface area contributed by atoms with Crippen molar-refractivity contribution in [2.24, 2.45) is 5.92 Å². The van der Waals surface area contributed by atoms with E-state index >= 15 is 0 Å². The Morgan fingerprint density at radius 1 is 1.44 bits per heavy atom. The summed E-state index contributed by atoms with van der Waals surface area (Å²) in [6.45, 7) is 0.760. The van der Waals surface area contributed by atoms with Crippen molar-refractivity contribution in [2.75, 3.05) is 6.54 Å². The van der Waals surface area contributed by atoms with Crippen molar-refractivity contribution in [2.45, 2.75) is 37.1 Å². The Hall–Kier alpha value is -0.680. The van der Waals surface area contributed by atoms with Gasteiger partial charge < -0.3 is 10.4 Å². The topological polar surface area (TPSA) is 61.4 Å². The standard InChI is InChI=1S/C10H16N2S.CH2O2/c13-10-4-7-6-2-1-3-8(6)12-9(7)5-11-10;2-1-3/h6,8,10-13H,1-5H2;1H,(H,2,3). The lowest BCUT2D eigenvalue weighted by molar-refractivity contribution is -0.122. The molecule has 4 nitrogen and oxygen atoms in total. The molecule has 3 rings (SSSR count). The summed E-state index contributed by atoms with van der Waals surface area (Å²) in [5, 5.41) is 14.3. The predicted molar refractivity (Wildman–Crippen MR) is 65.4 cm³/mol. The quantitative estimate of drug-likeness (QED) is 0.377. The molecule has 3 N–H and O–H groups in total. The molecule has 2 aliphatic heterocycles. The van der Waals surface area contributed by atoms with Crippen LogP contribution in [0.1, 0.15) is 25.7 Å². The molecule has 0 aromatic rings. The lowest BCUT2D eigenvalue weighted by Gasteiger charge is -2.23. The lowest BCUT2D eigenvalue weighted by atomic mass is 9.93. The zero-order valence-electron chi connectivity index (χ0n) is 9.15. The van der Waals surface area contributed by atoms with Crippen LogP contribution in [0.25, 0.3) is 0 Å². The molecule has 0 aromatic heterocycles. The van der Waals surface area contributed by atoms with Crippen molar-refractivity contribution in [3.8, 4) is 0 Å². The zero-order valence-corrected chi connectivity index (χ0v) is 10.0. The second-order valence-electron chi connectivity index (χ2n) is 4.50. The summed E-state index contributed by atoms with van der Waals surface area (Å²) in [5.74, 6) is 0.853. The van der Waals surface area contributed by atoms with Gasteiger partial charge in [0.25, 0.3) is 6.47 Å². The largest absolute Gasteiger partial charge is 0.483 e. The first-order valence-corrected chi connectivity index (χ1v) is 6.25. The first kappa shape index (κ1) is 11.8. The van der Waals surface area contributed by atoms with Crippen LogP contribution in [0.3, 0.4) is 0 Å². The average molecular weight is 242 g/mol. The number of carboxylic acid groups (broad SMARTS) is 1. The van der Waals surface area contributed by atoms with Crippen LogP contribution in [0, 0.1) is 5.92 Å². The summed E-state index contributed by atoms with van der Waals surface area (Å²) in [5.41, 5.74) is 3.17. The highest BCUT2D eigenvalue weighted by Crippen LogP contribution is 2.41. The molecule has 0 amide bonds. The van der Waals surface area contributed by atoms with Crippen molar-refractivity contribution in [1.82, 2.24) is 10.6 Å². The van der Waals surface area contributed by atoms with E-state index in [1.54, 1.807) is 5.57 Å². The first-order chi connectivity index (χ1) is 7.76. The molecular weight excluding hydrogens is 224 g/mol. The number of fused-ring (bicyclic) bond motifs is 2. The van der Waals surface area contributed by atoms with Crippen LogP contribution in [-0.2, 0) is 4.79 Å². The molecule has 0 saturated heterocycles. The maximum Gasteiger partial charge on any atom is 0.290 e. The van der Waals surface area contributed by atoms with Crippen LogP contribution in [0.4, 0.5) is 0 Å². The molecule has 16 heavy (non-hydrogen) atoms. The third-order valence-electron chi connectivity index (χ3n) is 3.64. The number of carbonyl (C=O) groups is 1. The van der Waals surface area contributed by atoms with E-state index in [4.69, 9.17) is 9.90 Å². The fourth-order valence-corrected chi connectivity index (χ4v) is 3.32. The molecule has 3 aliphatic rings. The van der Waals surface area contributed by atoms with Crippen molar-refractivity contribution in [3.05, 3.63) is 11.3 Å². The molecule has 90 valence electrons. The zero-order chi connectivity index (χ0) is 11.5. The molecule has 0 aromatic carbocycles. The Bertz CT molecular complexity index is 306. The molecule has 0 radical (unpaired) electrons. The Labute approximate surface area is 101 Å². The molecule has 1 fully saturated rings. The SMILES string of the molecule is O=CO.SC1CC2=C(CN1)NC1CCCC21. The molecule has 5 heteroatoms. The predicted octanol–water partition coefficient (Wildman–Crippen LogP) is 0.962. The smallest absolute Gasteiger partial charge is 0.290 e. The van der Waals surface area contributed by atoms with Gasteiger partial charge in [-0.05, 0) is 24.8 Å². The van der Waals surface area contributed by atoms with Gasteiger partial charge in [-0.15, -0.1) is 0 Å². The van der Waals surface area contributed by atoms with E-state index in [1.165, 1.54) is 25.0 Å². The van der Waals surface area contributed by atoms with Crippen LogP contribution in [0.15, 0.2) is 11.3 Å². The summed E-state index contributed by atoms with van der Waals surface area (Å²) in [6, 6.07) is 0.769. The monoisotopic (exact) mass is 242 g/mol. The number of rotatable bonds is 0. The van der Waals surface area contributed by atoms with E-state index in [1.807, 2.05) is 0 Å². The molecule has 1 saturated carbocycles. The van der Waals surface area contributed by atoms with Crippen LogP contribution in [-0.4, -0.2) is 29.5 Å². The average Bonchev–Trinajstić information content (AvgIpc) is 2.79. The number of hydrogen-bond donors (Lipinski definition) is 4. The lowest BCUT2D eigenvalue weighted by Crippen LogP contribution is -2.34.